The van der Waals surface area contributed by atoms with Gasteiger partial charge < -0.3 is 10.1 Å². The first-order valence-electron chi connectivity index (χ1n) is 11.3. The number of anilines is 1. The van der Waals surface area contributed by atoms with Crippen LogP contribution < -0.4 is 10.1 Å². The van der Waals surface area contributed by atoms with E-state index < -0.39 is 10.0 Å². The summed E-state index contributed by atoms with van der Waals surface area (Å²) in [6, 6.07) is 22.0. The van der Waals surface area contributed by atoms with E-state index >= 15 is 0 Å². The van der Waals surface area contributed by atoms with Gasteiger partial charge in [0.2, 0.25) is 10.0 Å². The van der Waals surface area contributed by atoms with E-state index in [0.29, 0.717) is 24.5 Å². The van der Waals surface area contributed by atoms with E-state index in [-0.39, 0.29) is 17.4 Å². The van der Waals surface area contributed by atoms with Crippen LogP contribution >= 0.6 is 15.9 Å². The lowest BCUT2D eigenvalue weighted by molar-refractivity contribution is -0.118. The fourth-order valence-electron chi connectivity index (χ4n) is 3.91. The minimum Gasteiger partial charge on any atom is -0.483 e. The number of nitrogens with one attached hydrogen (secondary N) is 1. The van der Waals surface area contributed by atoms with Gasteiger partial charge in [0.15, 0.2) is 6.61 Å². The molecule has 1 N–H and O–H groups in total. The molecule has 0 spiro atoms. The van der Waals surface area contributed by atoms with E-state index in [0.717, 1.165) is 41.3 Å². The molecule has 1 fully saturated rings. The van der Waals surface area contributed by atoms with Crippen LogP contribution in [0.4, 0.5) is 5.69 Å². The number of amides is 1. The number of benzene rings is 3. The van der Waals surface area contributed by atoms with Gasteiger partial charge in [0.25, 0.3) is 5.91 Å². The summed E-state index contributed by atoms with van der Waals surface area (Å²) in [5.74, 6) is 0.232. The molecule has 0 radical (unpaired) electrons. The number of sulfonamides is 1. The Morgan fingerprint density at radius 2 is 1.56 bits per heavy atom. The Morgan fingerprint density at radius 3 is 2.21 bits per heavy atom. The molecule has 1 aliphatic rings. The van der Waals surface area contributed by atoms with Crippen LogP contribution in [0.15, 0.2) is 82.2 Å². The summed E-state index contributed by atoms with van der Waals surface area (Å²) in [7, 11) is -3.51. The van der Waals surface area contributed by atoms with Crippen molar-refractivity contribution >= 4 is 37.5 Å². The molecule has 1 aliphatic heterocycles. The summed E-state index contributed by atoms with van der Waals surface area (Å²) in [5, 5.41) is 2.75. The van der Waals surface area contributed by atoms with Gasteiger partial charge in [-0.25, -0.2) is 8.42 Å². The Kier molecular flexibility index (Phi) is 8.03. The minimum absolute atomic E-state index is 0.170. The standard InChI is InChI=1S/C26H27BrN2O4S/c27-24-18-21(20-8-4-3-5-9-20)10-15-25(24)33-19-26(30)28-22-11-13-23(14-12-22)34(31,32)29-16-6-1-2-7-17-29/h3-5,8-15,18H,1-2,6-7,16-17,19H2,(H,28,30). The Morgan fingerprint density at radius 1 is 0.882 bits per heavy atom. The maximum Gasteiger partial charge on any atom is 0.262 e. The number of halogens is 1. The zero-order chi connectivity index (χ0) is 24.0. The summed E-state index contributed by atoms with van der Waals surface area (Å²) in [6.07, 6.45) is 3.90. The number of carbonyl (C=O) groups is 1. The number of hydrogen-bond acceptors (Lipinski definition) is 4. The zero-order valence-corrected chi connectivity index (χ0v) is 21.1. The van der Waals surface area contributed by atoms with E-state index in [1.54, 1.807) is 16.4 Å². The van der Waals surface area contributed by atoms with E-state index in [9.17, 15) is 13.2 Å². The molecule has 1 heterocycles. The third-order valence-corrected chi connectivity index (χ3v) is 8.27. The number of rotatable bonds is 7. The molecule has 34 heavy (non-hydrogen) atoms. The summed E-state index contributed by atoms with van der Waals surface area (Å²) in [5.41, 5.74) is 2.65. The quantitative estimate of drug-likeness (QED) is 0.415. The molecular weight excluding hydrogens is 516 g/mol. The fourth-order valence-corrected chi connectivity index (χ4v) is 5.92. The van der Waals surface area contributed by atoms with Gasteiger partial charge in [-0.1, -0.05) is 49.2 Å². The largest absolute Gasteiger partial charge is 0.483 e. The van der Waals surface area contributed by atoms with Crippen molar-refractivity contribution in [1.82, 2.24) is 4.31 Å². The van der Waals surface area contributed by atoms with Gasteiger partial charge in [0.1, 0.15) is 5.75 Å². The predicted octanol–water partition coefficient (Wildman–Crippen LogP) is 5.70. The molecule has 1 saturated heterocycles. The minimum atomic E-state index is -3.51. The van der Waals surface area contributed by atoms with Gasteiger partial charge in [-0.15, -0.1) is 0 Å². The summed E-state index contributed by atoms with van der Waals surface area (Å²) in [6.45, 7) is 0.942. The van der Waals surface area contributed by atoms with Gasteiger partial charge in [0, 0.05) is 18.8 Å². The van der Waals surface area contributed by atoms with E-state index in [1.165, 1.54) is 12.1 Å². The van der Waals surface area contributed by atoms with Crippen LogP contribution in [0.3, 0.4) is 0 Å². The highest BCUT2D eigenvalue weighted by atomic mass is 79.9. The summed E-state index contributed by atoms with van der Waals surface area (Å²) in [4.78, 5) is 12.6. The van der Waals surface area contributed by atoms with Crippen LogP contribution in [-0.4, -0.2) is 38.3 Å². The first-order chi connectivity index (χ1) is 16.4. The molecule has 0 unspecified atom stereocenters. The Balaban J connectivity index is 1.33. The monoisotopic (exact) mass is 542 g/mol. The average Bonchev–Trinajstić information content (AvgIpc) is 3.14. The molecule has 178 valence electrons. The first-order valence-corrected chi connectivity index (χ1v) is 13.5. The molecule has 3 aromatic rings. The van der Waals surface area contributed by atoms with E-state index in [1.807, 2.05) is 48.5 Å². The van der Waals surface area contributed by atoms with Crippen molar-refractivity contribution in [3.8, 4) is 16.9 Å². The third kappa shape index (κ3) is 6.05. The third-order valence-electron chi connectivity index (χ3n) is 5.74. The van der Waals surface area contributed by atoms with Crippen molar-refractivity contribution in [3.05, 3.63) is 77.3 Å². The number of nitrogens with zero attached hydrogens (tertiary/aromatic N) is 1. The van der Waals surface area contributed by atoms with Gasteiger partial charge >= 0.3 is 0 Å². The van der Waals surface area contributed by atoms with Crippen LogP contribution in [0.2, 0.25) is 0 Å². The highest BCUT2D eigenvalue weighted by Gasteiger charge is 2.25. The molecular formula is C26H27BrN2O4S. The van der Waals surface area contributed by atoms with Crippen molar-refractivity contribution in [3.63, 3.8) is 0 Å². The van der Waals surface area contributed by atoms with Crippen molar-refractivity contribution in [2.45, 2.75) is 30.6 Å². The van der Waals surface area contributed by atoms with Gasteiger partial charge in [-0.2, -0.15) is 4.31 Å². The highest BCUT2D eigenvalue weighted by Crippen LogP contribution is 2.30. The molecule has 3 aromatic carbocycles. The van der Waals surface area contributed by atoms with Crippen molar-refractivity contribution < 1.29 is 17.9 Å². The fraction of sp³-hybridized carbons (Fsp3) is 0.269. The van der Waals surface area contributed by atoms with Crippen molar-refractivity contribution in [2.75, 3.05) is 25.0 Å². The lowest BCUT2D eigenvalue weighted by Gasteiger charge is -2.20. The Hall–Kier alpha value is -2.68. The smallest absolute Gasteiger partial charge is 0.262 e. The molecule has 0 aromatic heterocycles. The molecule has 1 amide bonds. The topological polar surface area (TPSA) is 75.7 Å². The molecule has 8 heteroatoms. The molecule has 4 rings (SSSR count). The van der Waals surface area contributed by atoms with Crippen LogP contribution in [0.25, 0.3) is 11.1 Å². The zero-order valence-electron chi connectivity index (χ0n) is 18.7. The van der Waals surface area contributed by atoms with Crippen LogP contribution in [-0.2, 0) is 14.8 Å². The Labute approximate surface area is 209 Å². The SMILES string of the molecule is O=C(COc1ccc(-c2ccccc2)cc1Br)Nc1ccc(S(=O)(=O)N2CCCCCC2)cc1. The molecule has 0 aliphatic carbocycles. The second kappa shape index (κ2) is 11.2. The van der Waals surface area contributed by atoms with Gasteiger partial charge in [-0.3, -0.25) is 4.79 Å². The van der Waals surface area contributed by atoms with E-state index in [2.05, 4.69) is 21.2 Å². The molecule has 0 atom stereocenters. The predicted molar refractivity (Wildman–Crippen MR) is 137 cm³/mol. The first kappa shape index (κ1) is 24.4. The number of carbonyl (C=O) groups excluding carboxylic acids is 1. The molecule has 0 bridgehead atoms. The number of ether oxygens (including phenoxy) is 1. The highest BCUT2D eigenvalue weighted by molar-refractivity contribution is 9.10. The molecule has 6 nitrogen and oxygen atoms in total. The van der Waals surface area contributed by atoms with Crippen LogP contribution in [0, 0.1) is 0 Å². The lowest BCUT2D eigenvalue weighted by Crippen LogP contribution is -2.31. The van der Waals surface area contributed by atoms with Crippen molar-refractivity contribution in [2.24, 2.45) is 0 Å². The summed E-state index contributed by atoms with van der Waals surface area (Å²) < 4.78 is 33.8. The second-order valence-corrected chi connectivity index (χ2v) is 11.0. The van der Waals surface area contributed by atoms with Crippen molar-refractivity contribution in [1.29, 1.82) is 0 Å². The Bertz CT molecular complexity index is 1220. The van der Waals surface area contributed by atoms with Crippen LogP contribution in [0.5, 0.6) is 5.75 Å². The van der Waals surface area contributed by atoms with Gasteiger partial charge in [-0.05, 0) is 76.3 Å². The van der Waals surface area contributed by atoms with Gasteiger partial charge in [0.05, 0.1) is 9.37 Å². The maximum absolute atomic E-state index is 12.9. The second-order valence-electron chi connectivity index (χ2n) is 8.19. The maximum atomic E-state index is 12.9. The normalized spacial score (nSPS) is 14.9. The van der Waals surface area contributed by atoms with E-state index in [4.69, 9.17) is 4.74 Å². The molecule has 0 saturated carbocycles. The average molecular weight is 543 g/mol. The lowest BCUT2D eigenvalue weighted by atomic mass is 10.1. The van der Waals surface area contributed by atoms with Crippen LogP contribution in [0.1, 0.15) is 25.7 Å². The number of hydrogen-bond donors (Lipinski definition) is 1. The summed E-state index contributed by atoms with van der Waals surface area (Å²) >= 11 is 3.51.